The largest absolute Gasteiger partial charge is 0.506 e. The number of fused-ring (bicyclic) bond motifs is 1. The van der Waals surface area contributed by atoms with Gasteiger partial charge in [-0.3, -0.25) is 9.59 Å². The fraction of sp³-hybridized carbons (Fsp3) is 0.0588. The molecule has 1 aromatic heterocycles. The number of amides is 1. The summed E-state index contributed by atoms with van der Waals surface area (Å²) < 4.78 is 13.5. The molecule has 0 aliphatic heterocycles. The Bertz CT molecular complexity index is 979. The van der Waals surface area contributed by atoms with Crippen molar-refractivity contribution in [1.29, 1.82) is 0 Å². The summed E-state index contributed by atoms with van der Waals surface area (Å²) in [4.78, 5) is 26.9. The van der Waals surface area contributed by atoms with E-state index in [1.54, 1.807) is 31.2 Å². The van der Waals surface area contributed by atoms with E-state index in [0.717, 1.165) is 6.07 Å². The number of aromatic nitrogens is 1. The van der Waals surface area contributed by atoms with E-state index in [1.165, 1.54) is 12.1 Å². The van der Waals surface area contributed by atoms with Gasteiger partial charge in [-0.2, -0.15) is 0 Å². The van der Waals surface area contributed by atoms with Crippen molar-refractivity contribution in [3.8, 4) is 5.75 Å². The average Bonchev–Trinajstić information content (AvgIpc) is 2.51. The molecule has 1 heterocycles. The summed E-state index contributed by atoms with van der Waals surface area (Å²) in [6, 6.07) is 10.8. The number of pyridine rings is 1. The third-order valence-electron chi connectivity index (χ3n) is 3.55. The molecule has 0 aliphatic rings. The molecule has 23 heavy (non-hydrogen) atoms. The van der Waals surface area contributed by atoms with Crippen LogP contribution in [0, 0.1) is 12.7 Å². The number of benzene rings is 2. The van der Waals surface area contributed by atoms with E-state index < -0.39 is 28.6 Å². The van der Waals surface area contributed by atoms with Crippen molar-refractivity contribution in [1.82, 2.24) is 4.98 Å². The lowest BCUT2D eigenvalue weighted by Gasteiger charge is -2.09. The number of carbonyl (C=O) groups is 1. The van der Waals surface area contributed by atoms with Crippen LogP contribution in [0.4, 0.5) is 10.1 Å². The standard InChI is InChI=1S/C17H13FN2O3/c1-9-6-7-10(8-12(9)18)19-16(22)14-15(21)11-4-2-3-5-13(11)20-17(14)23/h2-8H,1H3,(H,19,22)(H2,20,21,23). The van der Waals surface area contributed by atoms with Gasteiger partial charge in [-0.1, -0.05) is 18.2 Å². The second-order valence-electron chi connectivity index (χ2n) is 5.14. The molecule has 0 saturated heterocycles. The number of carbonyl (C=O) groups excluding carboxylic acids is 1. The number of hydrogen-bond acceptors (Lipinski definition) is 3. The zero-order chi connectivity index (χ0) is 16.6. The Morgan fingerprint density at radius 1 is 1.22 bits per heavy atom. The topological polar surface area (TPSA) is 82.2 Å². The molecule has 0 aliphatic carbocycles. The molecule has 3 aromatic rings. The van der Waals surface area contributed by atoms with Crippen molar-refractivity contribution in [2.75, 3.05) is 5.32 Å². The Morgan fingerprint density at radius 3 is 2.70 bits per heavy atom. The fourth-order valence-corrected chi connectivity index (χ4v) is 2.30. The first-order valence-corrected chi connectivity index (χ1v) is 6.89. The summed E-state index contributed by atoms with van der Waals surface area (Å²) in [5.74, 6) is -1.69. The molecular weight excluding hydrogens is 299 g/mol. The smallest absolute Gasteiger partial charge is 0.265 e. The molecule has 0 saturated carbocycles. The summed E-state index contributed by atoms with van der Waals surface area (Å²) in [6.45, 7) is 1.60. The van der Waals surface area contributed by atoms with E-state index in [4.69, 9.17) is 0 Å². The minimum atomic E-state index is -0.808. The van der Waals surface area contributed by atoms with Crippen molar-refractivity contribution >= 4 is 22.5 Å². The summed E-state index contributed by atoms with van der Waals surface area (Å²) in [7, 11) is 0. The quantitative estimate of drug-likeness (QED) is 0.680. The SMILES string of the molecule is Cc1ccc(NC(=O)c2c(O)c3ccccc3[nH]c2=O)cc1F. The van der Waals surface area contributed by atoms with Crippen LogP contribution in [0.5, 0.6) is 5.75 Å². The van der Waals surface area contributed by atoms with E-state index >= 15 is 0 Å². The number of aryl methyl sites for hydroxylation is 1. The van der Waals surface area contributed by atoms with Crippen molar-refractivity contribution in [2.24, 2.45) is 0 Å². The van der Waals surface area contributed by atoms with Gasteiger partial charge in [0.2, 0.25) is 0 Å². The lowest BCUT2D eigenvalue weighted by molar-refractivity contribution is 0.102. The Hall–Kier alpha value is -3.15. The maximum absolute atomic E-state index is 13.5. The van der Waals surface area contributed by atoms with Gasteiger partial charge in [-0.25, -0.2) is 4.39 Å². The van der Waals surface area contributed by atoms with Gasteiger partial charge in [0.15, 0.2) is 0 Å². The Morgan fingerprint density at radius 2 is 1.96 bits per heavy atom. The van der Waals surface area contributed by atoms with Crippen molar-refractivity contribution in [3.05, 3.63) is 69.8 Å². The van der Waals surface area contributed by atoms with Gasteiger partial charge >= 0.3 is 0 Å². The zero-order valence-corrected chi connectivity index (χ0v) is 12.2. The Balaban J connectivity index is 2.04. The van der Waals surface area contributed by atoms with E-state index in [9.17, 15) is 19.1 Å². The highest BCUT2D eigenvalue weighted by atomic mass is 19.1. The number of para-hydroxylation sites is 1. The first kappa shape index (κ1) is 14.8. The molecule has 5 nitrogen and oxygen atoms in total. The molecule has 0 fully saturated rings. The molecule has 116 valence electrons. The van der Waals surface area contributed by atoms with Gasteiger partial charge < -0.3 is 15.4 Å². The molecule has 0 spiro atoms. The van der Waals surface area contributed by atoms with Gasteiger partial charge in [0, 0.05) is 11.1 Å². The fourth-order valence-electron chi connectivity index (χ4n) is 2.30. The minimum Gasteiger partial charge on any atom is -0.506 e. The third kappa shape index (κ3) is 2.66. The maximum atomic E-state index is 13.5. The number of anilines is 1. The molecule has 6 heteroatoms. The van der Waals surface area contributed by atoms with Crippen LogP contribution in [-0.2, 0) is 0 Å². The number of aromatic hydroxyl groups is 1. The van der Waals surface area contributed by atoms with Crippen molar-refractivity contribution in [3.63, 3.8) is 0 Å². The minimum absolute atomic E-state index is 0.199. The second kappa shape index (κ2) is 5.57. The Kier molecular flexibility index (Phi) is 3.57. The summed E-state index contributed by atoms with van der Waals surface area (Å²) in [5.41, 5.74) is -0.0663. The van der Waals surface area contributed by atoms with Crippen LogP contribution in [0.25, 0.3) is 10.9 Å². The number of rotatable bonds is 2. The monoisotopic (exact) mass is 312 g/mol. The highest BCUT2D eigenvalue weighted by molar-refractivity contribution is 6.08. The molecule has 0 unspecified atom stereocenters. The predicted octanol–water partition coefficient (Wildman–Crippen LogP) is 2.93. The Labute approximate surface area is 130 Å². The molecular formula is C17H13FN2O3. The lowest BCUT2D eigenvalue weighted by Crippen LogP contribution is -2.23. The lowest BCUT2D eigenvalue weighted by atomic mass is 10.1. The second-order valence-corrected chi connectivity index (χ2v) is 5.14. The number of hydrogen-bond donors (Lipinski definition) is 3. The molecule has 3 rings (SSSR count). The maximum Gasteiger partial charge on any atom is 0.265 e. The average molecular weight is 312 g/mol. The molecule has 0 bridgehead atoms. The highest BCUT2D eigenvalue weighted by Crippen LogP contribution is 2.25. The molecule has 3 N–H and O–H groups in total. The number of H-pyrrole nitrogens is 1. The first-order chi connectivity index (χ1) is 11.0. The van der Waals surface area contributed by atoms with Gasteiger partial charge in [0.05, 0.1) is 5.52 Å². The van der Waals surface area contributed by atoms with Crippen LogP contribution < -0.4 is 10.9 Å². The van der Waals surface area contributed by atoms with E-state index in [0.29, 0.717) is 16.5 Å². The van der Waals surface area contributed by atoms with Gasteiger partial charge in [0.1, 0.15) is 17.1 Å². The number of aromatic amines is 1. The highest BCUT2D eigenvalue weighted by Gasteiger charge is 2.19. The number of halogens is 1. The summed E-state index contributed by atoms with van der Waals surface area (Å²) in [6.07, 6.45) is 0. The molecule has 0 radical (unpaired) electrons. The normalized spacial score (nSPS) is 10.7. The van der Waals surface area contributed by atoms with Crippen LogP contribution >= 0.6 is 0 Å². The molecule has 0 atom stereocenters. The van der Waals surface area contributed by atoms with Crippen LogP contribution in [0.15, 0.2) is 47.3 Å². The summed E-state index contributed by atoms with van der Waals surface area (Å²) in [5, 5.41) is 13.0. The van der Waals surface area contributed by atoms with Gasteiger partial charge in [0.25, 0.3) is 11.5 Å². The van der Waals surface area contributed by atoms with Crippen LogP contribution in [0.3, 0.4) is 0 Å². The van der Waals surface area contributed by atoms with Gasteiger partial charge in [-0.05, 0) is 36.8 Å². The summed E-state index contributed by atoms with van der Waals surface area (Å²) >= 11 is 0. The van der Waals surface area contributed by atoms with Crippen LogP contribution in [0.1, 0.15) is 15.9 Å². The third-order valence-corrected chi connectivity index (χ3v) is 3.55. The van der Waals surface area contributed by atoms with Crippen LogP contribution in [0.2, 0.25) is 0 Å². The first-order valence-electron chi connectivity index (χ1n) is 6.89. The van der Waals surface area contributed by atoms with Crippen LogP contribution in [-0.4, -0.2) is 16.0 Å². The molecule has 1 amide bonds. The predicted molar refractivity (Wildman–Crippen MR) is 85.3 cm³/mol. The van der Waals surface area contributed by atoms with E-state index in [2.05, 4.69) is 10.3 Å². The van der Waals surface area contributed by atoms with Crippen molar-refractivity contribution in [2.45, 2.75) is 6.92 Å². The zero-order valence-electron chi connectivity index (χ0n) is 12.2. The number of nitrogens with one attached hydrogen (secondary N) is 2. The van der Waals surface area contributed by atoms with E-state index in [-0.39, 0.29) is 5.69 Å². The van der Waals surface area contributed by atoms with E-state index in [1.807, 2.05) is 0 Å². The van der Waals surface area contributed by atoms with Gasteiger partial charge in [-0.15, -0.1) is 0 Å². The molecule has 2 aromatic carbocycles. The van der Waals surface area contributed by atoms with Crippen molar-refractivity contribution < 1.29 is 14.3 Å².